The Morgan fingerprint density at radius 2 is 2.14 bits per heavy atom. The molecule has 1 aromatic heterocycles. The highest BCUT2D eigenvalue weighted by Gasteiger charge is 2.37. The van der Waals surface area contributed by atoms with E-state index in [2.05, 4.69) is 10.1 Å². The first-order valence-corrected chi connectivity index (χ1v) is 7.33. The Bertz CT molecular complexity index is 721. The van der Waals surface area contributed by atoms with Crippen LogP contribution in [0.3, 0.4) is 0 Å². The normalized spacial score (nSPS) is 22.3. The van der Waals surface area contributed by atoms with Gasteiger partial charge >= 0.3 is 0 Å². The average molecular weight is 319 g/mol. The molecular weight excluding hydrogens is 310 g/mol. The Balaban J connectivity index is 2.07. The lowest BCUT2D eigenvalue weighted by molar-refractivity contribution is 0.324. The third-order valence-electron chi connectivity index (χ3n) is 3.29. The lowest BCUT2D eigenvalue weighted by Gasteiger charge is -2.12. The molecule has 3 rings (SSSR count). The number of aromatic nitrogens is 3. The van der Waals surface area contributed by atoms with E-state index in [4.69, 9.17) is 0 Å². The zero-order valence-electron chi connectivity index (χ0n) is 10.5. The molecule has 4 nitrogen and oxygen atoms in total. The van der Waals surface area contributed by atoms with Gasteiger partial charge in [-0.25, -0.2) is 31.4 Å². The SMILES string of the molecule is O=S(CF)c1nc2n(n1)[C@H](c1cccc(F)c1F)C[C@@H]2F. The molecular formula is C12H9F4N3OS. The lowest BCUT2D eigenvalue weighted by Crippen LogP contribution is -2.11. The summed E-state index contributed by atoms with van der Waals surface area (Å²) in [6, 6.07) is 1.48. The van der Waals surface area contributed by atoms with E-state index in [1.807, 2.05) is 0 Å². The molecule has 0 saturated carbocycles. The molecule has 0 aliphatic carbocycles. The fraction of sp³-hybridized carbons (Fsp3) is 0.333. The topological polar surface area (TPSA) is 47.8 Å². The third kappa shape index (κ3) is 2.25. The number of benzene rings is 1. The van der Waals surface area contributed by atoms with Crippen molar-refractivity contribution in [3.63, 3.8) is 0 Å². The molecule has 0 N–H and O–H groups in total. The van der Waals surface area contributed by atoms with Gasteiger partial charge in [-0.3, -0.25) is 0 Å². The molecule has 0 spiro atoms. The average Bonchev–Trinajstić information content (AvgIpc) is 3.02. The van der Waals surface area contributed by atoms with Gasteiger partial charge < -0.3 is 0 Å². The van der Waals surface area contributed by atoms with Crippen LogP contribution in [0.4, 0.5) is 17.6 Å². The summed E-state index contributed by atoms with van der Waals surface area (Å²) in [5, 5.41) is 3.43. The van der Waals surface area contributed by atoms with Gasteiger partial charge in [0.25, 0.3) is 0 Å². The van der Waals surface area contributed by atoms with Crippen LogP contribution in [0.5, 0.6) is 0 Å². The fourth-order valence-corrected chi connectivity index (χ4v) is 2.81. The molecule has 2 aromatic rings. The molecule has 9 heteroatoms. The Kier molecular flexibility index (Phi) is 3.52. The molecule has 0 radical (unpaired) electrons. The van der Waals surface area contributed by atoms with Crippen molar-refractivity contribution < 1.29 is 21.8 Å². The van der Waals surface area contributed by atoms with Gasteiger partial charge in [-0.1, -0.05) is 12.1 Å². The van der Waals surface area contributed by atoms with Crippen molar-refractivity contribution in [2.45, 2.75) is 23.8 Å². The summed E-state index contributed by atoms with van der Waals surface area (Å²) < 4.78 is 65.8. The van der Waals surface area contributed by atoms with E-state index in [1.54, 1.807) is 0 Å². The Labute approximate surface area is 119 Å². The van der Waals surface area contributed by atoms with Crippen LogP contribution in [0.25, 0.3) is 0 Å². The van der Waals surface area contributed by atoms with E-state index >= 15 is 0 Å². The molecule has 0 amide bonds. The minimum atomic E-state index is -2.09. The van der Waals surface area contributed by atoms with Crippen molar-refractivity contribution in [3.05, 3.63) is 41.2 Å². The van der Waals surface area contributed by atoms with Gasteiger partial charge in [0, 0.05) is 12.0 Å². The van der Waals surface area contributed by atoms with Crippen molar-refractivity contribution in [2.75, 3.05) is 6.01 Å². The number of hydrogen-bond acceptors (Lipinski definition) is 3. The maximum absolute atomic E-state index is 13.9. The van der Waals surface area contributed by atoms with Crippen LogP contribution in [-0.2, 0) is 10.8 Å². The van der Waals surface area contributed by atoms with E-state index < -0.39 is 40.7 Å². The fourth-order valence-electron chi connectivity index (χ4n) is 2.34. The van der Waals surface area contributed by atoms with E-state index in [9.17, 15) is 21.8 Å². The van der Waals surface area contributed by atoms with Crippen molar-refractivity contribution in [2.24, 2.45) is 0 Å². The molecule has 0 fully saturated rings. The molecule has 1 aliphatic heterocycles. The summed E-state index contributed by atoms with van der Waals surface area (Å²) in [5.41, 5.74) is -0.0705. The smallest absolute Gasteiger partial charge is 0.241 e. The van der Waals surface area contributed by atoms with Crippen molar-refractivity contribution in [3.8, 4) is 0 Å². The van der Waals surface area contributed by atoms with Crippen LogP contribution in [0.15, 0.2) is 23.4 Å². The second kappa shape index (κ2) is 5.21. The molecule has 3 atom stereocenters. The van der Waals surface area contributed by atoms with Crippen molar-refractivity contribution >= 4 is 10.8 Å². The molecule has 21 heavy (non-hydrogen) atoms. The summed E-state index contributed by atoms with van der Waals surface area (Å²) in [6.45, 7) is 0. The van der Waals surface area contributed by atoms with E-state index in [-0.39, 0.29) is 23.0 Å². The maximum Gasteiger partial charge on any atom is 0.241 e. The van der Waals surface area contributed by atoms with Gasteiger partial charge in [0.1, 0.15) is 10.8 Å². The van der Waals surface area contributed by atoms with Crippen LogP contribution in [0.2, 0.25) is 0 Å². The highest BCUT2D eigenvalue weighted by molar-refractivity contribution is 7.84. The van der Waals surface area contributed by atoms with Gasteiger partial charge in [-0.2, -0.15) is 0 Å². The Morgan fingerprint density at radius 1 is 1.38 bits per heavy atom. The van der Waals surface area contributed by atoms with Gasteiger partial charge in [-0.15, -0.1) is 5.10 Å². The predicted octanol–water partition coefficient (Wildman–Crippen LogP) is 2.59. The van der Waals surface area contributed by atoms with Gasteiger partial charge in [-0.05, 0) is 6.07 Å². The minimum absolute atomic E-state index is 0.0705. The highest BCUT2D eigenvalue weighted by Crippen LogP contribution is 2.40. The largest absolute Gasteiger partial charge is 0.248 e. The van der Waals surface area contributed by atoms with E-state index in [1.165, 1.54) is 12.1 Å². The molecule has 1 unspecified atom stereocenters. The summed E-state index contributed by atoms with van der Waals surface area (Å²) in [5.74, 6) is -2.30. The maximum atomic E-state index is 13.9. The Morgan fingerprint density at radius 3 is 2.86 bits per heavy atom. The minimum Gasteiger partial charge on any atom is -0.248 e. The van der Waals surface area contributed by atoms with Crippen LogP contribution in [0, 0.1) is 11.6 Å². The van der Waals surface area contributed by atoms with Gasteiger partial charge in [0.05, 0.1) is 6.04 Å². The zero-order valence-corrected chi connectivity index (χ0v) is 11.3. The number of halogens is 4. The molecule has 1 aliphatic rings. The molecule has 1 aromatic carbocycles. The Hall–Kier alpha value is -1.77. The number of fused-ring (bicyclic) bond motifs is 1. The van der Waals surface area contributed by atoms with Crippen molar-refractivity contribution in [1.82, 2.24) is 14.8 Å². The lowest BCUT2D eigenvalue weighted by atomic mass is 10.0. The monoisotopic (exact) mass is 319 g/mol. The number of rotatable bonds is 3. The summed E-state index contributed by atoms with van der Waals surface area (Å²) in [7, 11) is -2.09. The second-order valence-corrected chi connectivity index (χ2v) is 5.79. The van der Waals surface area contributed by atoms with Crippen LogP contribution < -0.4 is 0 Å². The summed E-state index contributed by atoms with van der Waals surface area (Å²) >= 11 is 0. The quantitative estimate of drug-likeness (QED) is 0.817. The first-order chi connectivity index (χ1) is 10.0. The first-order valence-electron chi connectivity index (χ1n) is 6.01. The van der Waals surface area contributed by atoms with E-state index in [0.29, 0.717) is 0 Å². The molecule has 0 saturated heterocycles. The summed E-state index contributed by atoms with van der Waals surface area (Å²) in [4.78, 5) is 3.69. The zero-order chi connectivity index (χ0) is 15.1. The van der Waals surface area contributed by atoms with Crippen LogP contribution in [0.1, 0.15) is 30.0 Å². The number of hydrogen-bond donors (Lipinski definition) is 0. The highest BCUT2D eigenvalue weighted by atomic mass is 32.2. The second-order valence-electron chi connectivity index (χ2n) is 4.51. The molecule has 112 valence electrons. The summed E-state index contributed by atoms with van der Waals surface area (Å²) in [6.07, 6.45) is -1.71. The number of alkyl halides is 2. The predicted molar refractivity (Wildman–Crippen MR) is 65.4 cm³/mol. The van der Waals surface area contributed by atoms with E-state index in [0.717, 1.165) is 10.7 Å². The third-order valence-corrected chi connectivity index (χ3v) is 4.07. The number of nitrogens with zero attached hydrogens (tertiary/aromatic N) is 3. The first kappa shape index (κ1) is 14.2. The molecule has 2 heterocycles. The van der Waals surface area contributed by atoms with Crippen molar-refractivity contribution in [1.29, 1.82) is 0 Å². The van der Waals surface area contributed by atoms with Crippen LogP contribution in [-0.4, -0.2) is 25.0 Å². The molecule has 0 bridgehead atoms. The van der Waals surface area contributed by atoms with Gasteiger partial charge in [0.2, 0.25) is 5.16 Å². The standard InChI is InChI=1S/C12H9F4N3OS/c13-5-21(20)12-17-11-8(15)4-9(19(11)18-12)6-2-1-3-7(14)10(6)16/h1-3,8-9H,4-5H2/t8-,9-,21?/m0/s1. The van der Waals surface area contributed by atoms with Crippen LogP contribution >= 0.6 is 0 Å². The van der Waals surface area contributed by atoms with Gasteiger partial charge in [0.15, 0.2) is 29.6 Å².